The number of nitrogens with zero attached hydrogens (tertiary/aromatic N) is 1. The average molecular weight is 524 g/mol. The van der Waals surface area contributed by atoms with Gasteiger partial charge in [-0.25, -0.2) is 8.42 Å². The minimum atomic E-state index is -4.98. The van der Waals surface area contributed by atoms with E-state index >= 15 is 0 Å². The Morgan fingerprint density at radius 2 is 1.80 bits per heavy atom. The van der Waals surface area contributed by atoms with Crippen LogP contribution in [0.2, 0.25) is 0 Å². The van der Waals surface area contributed by atoms with Crippen LogP contribution in [-0.4, -0.2) is 79.5 Å². The Balaban J connectivity index is 2.28. The van der Waals surface area contributed by atoms with Crippen LogP contribution in [0, 0.1) is 5.92 Å². The maximum absolute atomic E-state index is 13.1. The van der Waals surface area contributed by atoms with Gasteiger partial charge in [0.05, 0.1) is 30.2 Å². The Labute approximate surface area is 202 Å². The second-order valence-electron chi connectivity index (χ2n) is 9.07. The van der Waals surface area contributed by atoms with Gasteiger partial charge in [0.2, 0.25) is 11.8 Å². The van der Waals surface area contributed by atoms with E-state index < -0.39 is 63.2 Å². The fourth-order valence-corrected chi connectivity index (χ4v) is 5.71. The minimum absolute atomic E-state index is 0.310. The topological polar surface area (TPSA) is 139 Å². The molecule has 1 heterocycles. The predicted molar refractivity (Wildman–Crippen MR) is 122 cm³/mol. The van der Waals surface area contributed by atoms with E-state index in [1.165, 1.54) is 27.9 Å². The summed E-state index contributed by atoms with van der Waals surface area (Å²) in [5.74, 6) is -2.31. The molecule has 0 bridgehead atoms. The van der Waals surface area contributed by atoms with Crippen molar-refractivity contribution in [3.63, 3.8) is 0 Å². The number of sulfone groups is 1. The molecule has 9 nitrogen and oxygen atoms in total. The van der Waals surface area contributed by atoms with Gasteiger partial charge >= 0.3 is 6.18 Å². The van der Waals surface area contributed by atoms with Gasteiger partial charge in [-0.2, -0.15) is 13.2 Å². The normalized spacial score (nSPS) is 21.5. The van der Waals surface area contributed by atoms with Crippen molar-refractivity contribution >= 4 is 21.7 Å². The van der Waals surface area contributed by atoms with Crippen molar-refractivity contribution in [2.24, 2.45) is 11.7 Å². The number of carbonyl (C=O) groups is 2. The average Bonchev–Trinajstić information content (AvgIpc) is 3.22. The molecule has 198 valence electrons. The lowest BCUT2D eigenvalue weighted by Crippen LogP contribution is -2.57. The first-order valence-corrected chi connectivity index (χ1v) is 12.8. The van der Waals surface area contributed by atoms with Crippen LogP contribution in [0.15, 0.2) is 24.3 Å². The van der Waals surface area contributed by atoms with Crippen molar-refractivity contribution in [3.8, 4) is 5.75 Å². The highest BCUT2D eigenvalue weighted by Gasteiger charge is 2.49. The number of hydrogen-bond donors (Lipinski definition) is 3. The number of aliphatic hydroxyl groups is 1. The minimum Gasteiger partial charge on any atom is -0.497 e. The van der Waals surface area contributed by atoms with Crippen molar-refractivity contribution in [2.45, 2.75) is 68.6 Å². The van der Waals surface area contributed by atoms with Crippen molar-refractivity contribution in [2.75, 3.05) is 13.7 Å². The van der Waals surface area contributed by atoms with E-state index in [2.05, 4.69) is 5.32 Å². The highest BCUT2D eigenvalue weighted by Crippen LogP contribution is 2.29. The van der Waals surface area contributed by atoms with Gasteiger partial charge in [0.15, 0.2) is 15.9 Å². The second-order valence-corrected chi connectivity index (χ2v) is 11.4. The second kappa shape index (κ2) is 11.1. The van der Waals surface area contributed by atoms with E-state index in [9.17, 15) is 36.3 Å². The van der Waals surface area contributed by atoms with Gasteiger partial charge in [-0.1, -0.05) is 26.0 Å². The molecule has 5 atom stereocenters. The molecule has 35 heavy (non-hydrogen) atoms. The van der Waals surface area contributed by atoms with Gasteiger partial charge in [-0.15, -0.1) is 0 Å². The number of rotatable bonds is 9. The molecule has 1 aliphatic heterocycles. The van der Waals surface area contributed by atoms with E-state index in [0.717, 1.165) is 4.90 Å². The van der Waals surface area contributed by atoms with E-state index in [1.54, 1.807) is 24.3 Å². The lowest BCUT2D eigenvalue weighted by atomic mass is 9.97. The van der Waals surface area contributed by atoms with Crippen molar-refractivity contribution in [3.05, 3.63) is 29.8 Å². The molecule has 2 rings (SSSR count). The number of alkyl halides is 3. The largest absolute Gasteiger partial charge is 0.497 e. The van der Waals surface area contributed by atoms with Crippen LogP contribution in [0.4, 0.5) is 13.2 Å². The summed E-state index contributed by atoms with van der Waals surface area (Å²) >= 11 is 0. The molecule has 0 radical (unpaired) electrons. The van der Waals surface area contributed by atoms with Crippen molar-refractivity contribution < 1.29 is 41.0 Å². The van der Waals surface area contributed by atoms with E-state index in [4.69, 9.17) is 10.5 Å². The van der Waals surface area contributed by atoms with Gasteiger partial charge < -0.3 is 25.8 Å². The van der Waals surface area contributed by atoms with Crippen molar-refractivity contribution in [1.82, 2.24) is 10.2 Å². The molecule has 1 fully saturated rings. The SMILES string of the molecule is COc1ccc(CS(=O)(=O)[C@@H]2C[C@@H](C(=O)NC(C(C)C)C(O)C(F)(F)F)N(C(=O)C(C)N)C2)cc1. The molecule has 0 saturated carbocycles. The number of methoxy groups -OCH3 is 1. The molecule has 1 aliphatic rings. The molecule has 2 amide bonds. The third kappa shape index (κ3) is 7.07. The van der Waals surface area contributed by atoms with Gasteiger partial charge in [-0.05, 0) is 37.0 Å². The summed E-state index contributed by atoms with van der Waals surface area (Å²) in [6.07, 6.45) is -8.13. The van der Waals surface area contributed by atoms with Gasteiger partial charge in [0.1, 0.15) is 11.8 Å². The summed E-state index contributed by atoms with van der Waals surface area (Å²) in [7, 11) is -2.39. The van der Waals surface area contributed by atoms with Crippen LogP contribution in [0.25, 0.3) is 0 Å². The number of aliphatic hydroxyl groups excluding tert-OH is 1. The first kappa shape index (κ1) is 28.9. The molecule has 0 spiro atoms. The number of carbonyl (C=O) groups excluding carboxylic acids is 2. The van der Waals surface area contributed by atoms with Crippen LogP contribution in [0.5, 0.6) is 5.75 Å². The molecule has 3 unspecified atom stereocenters. The fraction of sp³-hybridized carbons (Fsp3) is 0.636. The molecule has 1 aromatic rings. The Bertz CT molecular complexity index is 999. The summed E-state index contributed by atoms with van der Waals surface area (Å²) in [5, 5.41) is 10.7. The molecule has 0 aliphatic carbocycles. The highest BCUT2D eigenvalue weighted by molar-refractivity contribution is 7.91. The number of benzene rings is 1. The Kier molecular flexibility index (Phi) is 9.17. The zero-order valence-electron chi connectivity index (χ0n) is 19.9. The first-order valence-electron chi connectivity index (χ1n) is 11.0. The number of likely N-dealkylation sites (tertiary alicyclic amines) is 1. The third-order valence-electron chi connectivity index (χ3n) is 5.98. The Hall–Kier alpha value is -2.38. The zero-order valence-corrected chi connectivity index (χ0v) is 20.8. The molecular formula is C22H32F3N3O6S. The first-order chi connectivity index (χ1) is 16.1. The summed E-state index contributed by atoms with van der Waals surface area (Å²) in [6.45, 7) is 3.81. The predicted octanol–water partition coefficient (Wildman–Crippen LogP) is 0.991. The zero-order chi connectivity index (χ0) is 26.7. The Morgan fingerprint density at radius 1 is 1.23 bits per heavy atom. The van der Waals surface area contributed by atoms with E-state index in [0.29, 0.717) is 11.3 Å². The van der Waals surface area contributed by atoms with Crippen LogP contribution in [0.1, 0.15) is 32.8 Å². The maximum atomic E-state index is 13.1. The smallest absolute Gasteiger partial charge is 0.416 e. The molecule has 0 aromatic heterocycles. The van der Waals surface area contributed by atoms with Crippen molar-refractivity contribution in [1.29, 1.82) is 0 Å². The Morgan fingerprint density at radius 3 is 2.26 bits per heavy atom. The number of halogens is 3. The molecule has 1 aromatic carbocycles. The molecule has 1 saturated heterocycles. The van der Waals surface area contributed by atoms with Gasteiger partial charge in [0.25, 0.3) is 0 Å². The van der Waals surface area contributed by atoms with E-state index in [-0.39, 0.29) is 18.7 Å². The lowest BCUT2D eigenvalue weighted by Gasteiger charge is -2.32. The third-order valence-corrected chi connectivity index (χ3v) is 8.07. The number of ether oxygens (including phenoxy) is 1. The van der Waals surface area contributed by atoms with Gasteiger partial charge in [0, 0.05) is 6.54 Å². The standard InChI is InChI=1S/C22H32F3N3O6S/c1-12(2)18(19(29)22(23,24)25)27-20(30)17-9-16(10-28(17)21(31)13(3)26)35(32,33)11-14-5-7-15(34-4)8-6-14/h5-8,12-13,16-19,29H,9-11,26H2,1-4H3,(H,27,30)/t13?,16-,17+,18?,19?/m1/s1. The quantitative estimate of drug-likeness (QED) is 0.439. The van der Waals surface area contributed by atoms with E-state index in [1.807, 2.05) is 0 Å². The summed E-state index contributed by atoms with van der Waals surface area (Å²) in [5.41, 5.74) is 6.13. The summed E-state index contributed by atoms with van der Waals surface area (Å²) in [6, 6.07) is 2.24. The number of hydrogen-bond acceptors (Lipinski definition) is 7. The van der Waals surface area contributed by atoms with Crippen LogP contribution >= 0.6 is 0 Å². The maximum Gasteiger partial charge on any atom is 0.416 e. The summed E-state index contributed by atoms with van der Waals surface area (Å²) < 4.78 is 70.6. The molecule has 13 heteroatoms. The molecule has 4 N–H and O–H groups in total. The lowest BCUT2D eigenvalue weighted by molar-refractivity contribution is -0.215. The summed E-state index contributed by atoms with van der Waals surface area (Å²) in [4.78, 5) is 26.6. The molecular weight excluding hydrogens is 491 g/mol. The monoisotopic (exact) mass is 523 g/mol. The van der Waals surface area contributed by atoms with Crippen LogP contribution in [-0.2, 0) is 25.2 Å². The number of amides is 2. The number of nitrogens with one attached hydrogen (secondary N) is 1. The highest BCUT2D eigenvalue weighted by atomic mass is 32.2. The van der Waals surface area contributed by atoms with Gasteiger partial charge in [-0.3, -0.25) is 9.59 Å². The van der Waals surface area contributed by atoms with Crippen LogP contribution in [0.3, 0.4) is 0 Å². The fourth-order valence-electron chi connectivity index (χ4n) is 3.96. The number of nitrogens with two attached hydrogens (primary N) is 1. The van der Waals surface area contributed by atoms with Crippen LogP contribution < -0.4 is 15.8 Å².